The first-order valence-electron chi connectivity index (χ1n) is 7.04. The van der Waals surface area contributed by atoms with Gasteiger partial charge >= 0.3 is 0 Å². The second kappa shape index (κ2) is 7.63. The van der Waals surface area contributed by atoms with Crippen LogP contribution in [0.4, 0.5) is 0 Å². The third kappa shape index (κ3) is 3.60. The van der Waals surface area contributed by atoms with Crippen LogP contribution >= 0.6 is 0 Å². The Bertz CT molecular complexity index is 480. The number of allylic oxidation sites excluding steroid dienone is 4. The zero-order chi connectivity index (χ0) is 14.3. The maximum atomic E-state index is 5.92. The fraction of sp³-hybridized carbons (Fsp3) is 0.333. The molecule has 1 atom stereocenters. The van der Waals surface area contributed by atoms with Gasteiger partial charge in [-0.15, -0.1) is 6.58 Å². The minimum atomic E-state index is 0.246. The van der Waals surface area contributed by atoms with Gasteiger partial charge in [0.25, 0.3) is 0 Å². The molecule has 1 aliphatic rings. The summed E-state index contributed by atoms with van der Waals surface area (Å²) in [5.74, 6) is 2.14. The quantitative estimate of drug-likeness (QED) is 0.638. The fourth-order valence-corrected chi connectivity index (χ4v) is 2.07. The van der Waals surface area contributed by atoms with Crippen molar-refractivity contribution in [2.24, 2.45) is 0 Å². The van der Waals surface area contributed by atoms with Gasteiger partial charge in [-0.1, -0.05) is 51.1 Å². The molecular formula is C18H24O. The van der Waals surface area contributed by atoms with E-state index >= 15 is 0 Å². The Kier molecular flexibility index (Phi) is 6.14. The maximum Gasteiger partial charge on any atom is 0.131 e. The van der Waals surface area contributed by atoms with Crippen LogP contribution in [0.25, 0.3) is 0 Å². The van der Waals surface area contributed by atoms with E-state index in [0.717, 1.165) is 17.9 Å². The second-order valence-electron chi connectivity index (χ2n) is 4.23. The molecule has 1 aliphatic heterocycles. The Morgan fingerprint density at radius 1 is 1.32 bits per heavy atom. The van der Waals surface area contributed by atoms with E-state index in [4.69, 9.17) is 4.74 Å². The van der Waals surface area contributed by atoms with E-state index in [1.165, 1.54) is 11.1 Å². The van der Waals surface area contributed by atoms with Crippen LogP contribution in [0, 0.1) is 0 Å². The molecule has 1 heterocycles. The summed E-state index contributed by atoms with van der Waals surface area (Å²) in [6, 6.07) is 8.14. The van der Waals surface area contributed by atoms with Crippen LogP contribution in [0.2, 0.25) is 0 Å². The van der Waals surface area contributed by atoms with Gasteiger partial charge in [-0.25, -0.2) is 0 Å². The van der Waals surface area contributed by atoms with E-state index < -0.39 is 0 Å². The van der Waals surface area contributed by atoms with Crippen molar-refractivity contribution >= 4 is 0 Å². The Balaban J connectivity index is 0.000000861. The number of hydrogen-bond donors (Lipinski definition) is 0. The first-order chi connectivity index (χ1) is 9.26. The lowest BCUT2D eigenvalue weighted by Gasteiger charge is -2.23. The van der Waals surface area contributed by atoms with E-state index in [2.05, 4.69) is 38.6 Å². The van der Waals surface area contributed by atoms with Gasteiger partial charge in [0.2, 0.25) is 0 Å². The number of hydrogen-bond acceptors (Lipinski definition) is 1. The number of para-hydroxylation sites is 1. The van der Waals surface area contributed by atoms with E-state index in [9.17, 15) is 0 Å². The normalized spacial score (nSPS) is 17.4. The summed E-state index contributed by atoms with van der Waals surface area (Å²) in [6.07, 6.45) is 7.30. The number of benzene rings is 1. The van der Waals surface area contributed by atoms with Crippen LogP contribution in [-0.2, 0) is 0 Å². The second-order valence-corrected chi connectivity index (χ2v) is 4.23. The molecule has 0 bridgehead atoms. The molecule has 1 nitrogen and oxygen atoms in total. The first-order valence-corrected chi connectivity index (χ1v) is 7.04. The minimum Gasteiger partial charge on any atom is -0.457 e. The molecule has 1 unspecified atom stereocenters. The standard InChI is InChI=1S/C16H18O.C2H6/c1-4-8-12(3)16-11-13(5-2)14-9-6-7-10-15(14)17-16;1-2/h5-11,13H,2,4H2,1,3H3;1-2H3/b12-8-;. The zero-order valence-electron chi connectivity index (χ0n) is 12.4. The van der Waals surface area contributed by atoms with E-state index in [0.29, 0.717) is 0 Å². The van der Waals surface area contributed by atoms with Gasteiger partial charge in [0.15, 0.2) is 0 Å². The molecule has 102 valence electrons. The van der Waals surface area contributed by atoms with Crippen molar-refractivity contribution in [3.05, 3.63) is 66.0 Å². The summed E-state index contributed by atoms with van der Waals surface area (Å²) >= 11 is 0. The SMILES string of the molecule is C=CC1C=C(/C(C)=C\CC)Oc2ccccc21.CC. The third-order valence-corrected chi connectivity index (χ3v) is 2.98. The van der Waals surface area contributed by atoms with Crippen LogP contribution in [0.1, 0.15) is 45.6 Å². The molecule has 0 fully saturated rings. The van der Waals surface area contributed by atoms with Gasteiger partial charge in [-0.2, -0.15) is 0 Å². The summed E-state index contributed by atoms with van der Waals surface area (Å²) in [5, 5.41) is 0. The average molecular weight is 256 g/mol. The number of ether oxygens (including phenoxy) is 1. The highest BCUT2D eigenvalue weighted by Gasteiger charge is 2.19. The molecule has 1 heteroatoms. The molecule has 1 aromatic rings. The van der Waals surface area contributed by atoms with Crippen LogP contribution in [0.5, 0.6) is 5.75 Å². The molecule has 0 amide bonds. The van der Waals surface area contributed by atoms with Crippen molar-refractivity contribution in [1.82, 2.24) is 0 Å². The summed E-state index contributed by atoms with van der Waals surface area (Å²) in [6.45, 7) is 12.1. The zero-order valence-corrected chi connectivity index (χ0v) is 12.4. The van der Waals surface area contributed by atoms with Crippen molar-refractivity contribution in [3.63, 3.8) is 0 Å². The predicted molar refractivity (Wildman–Crippen MR) is 83.5 cm³/mol. The molecule has 0 aliphatic carbocycles. The Hall–Kier alpha value is -1.76. The van der Waals surface area contributed by atoms with Crippen molar-refractivity contribution in [2.75, 3.05) is 0 Å². The Morgan fingerprint density at radius 2 is 2.00 bits per heavy atom. The highest BCUT2D eigenvalue weighted by Crippen LogP contribution is 2.36. The highest BCUT2D eigenvalue weighted by molar-refractivity contribution is 5.47. The van der Waals surface area contributed by atoms with Gasteiger partial charge in [0, 0.05) is 11.5 Å². The summed E-state index contributed by atoms with van der Waals surface area (Å²) < 4.78 is 5.92. The monoisotopic (exact) mass is 256 g/mol. The molecule has 0 N–H and O–H groups in total. The third-order valence-electron chi connectivity index (χ3n) is 2.98. The molecule has 0 spiro atoms. The van der Waals surface area contributed by atoms with Crippen LogP contribution in [0.3, 0.4) is 0 Å². The fourth-order valence-electron chi connectivity index (χ4n) is 2.07. The summed E-state index contributed by atoms with van der Waals surface area (Å²) in [4.78, 5) is 0. The largest absolute Gasteiger partial charge is 0.457 e. The van der Waals surface area contributed by atoms with Crippen LogP contribution in [-0.4, -0.2) is 0 Å². The van der Waals surface area contributed by atoms with Crippen molar-refractivity contribution in [3.8, 4) is 5.75 Å². The van der Waals surface area contributed by atoms with Crippen LogP contribution < -0.4 is 4.74 Å². The lowest BCUT2D eigenvalue weighted by Crippen LogP contribution is -2.09. The number of rotatable bonds is 3. The highest BCUT2D eigenvalue weighted by atomic mass is 16.5. The summed E-state index contributed by atoms with van der Waals surface area (Å²) in [5.41, 5.74) is 2.38. The molecular weight excluding hydrogens is 232 g/mol. The van der Waals surface area contributed by atoms with E-state index in [1.54, 1.807) is 0 Å². The molecule has 19 heavy (non-hydrogen) atoms. The maximum absolute atomic E-state index is 5.92. The Labute approximate surface area is 117 Å². The smallest absolute Gasteiger partial charge is 0.131 e. The molecule has 0 saturated heterocycles. The molecule has 1 aromatic carbocycles. The topological polar surface area (TPSA) is 9.23 Å². The van der Waals surface area contributed by atoms with Gasteiger partial charge in [-0.05, 0) is 31.1 Å². The van der Waals surface area contributed by atoms with Crippen molar-refractivity contribution < 1.29 is 4.74 Å². The minimum absolute atomic E-state index is 0.246. The van der Waals surface area contributed by atoms with E-state index in [-0.39, 0.29) is 5.92 Å². The number of fused-ring (bicyclic) bond motifs is 1. The van der Waals surface area contributed by atoms with E-state index in [1.807, 2.05) is 38.1 Å². The average Bonchev–Trinajstić information content (AvgIpc) is 2.48. The van der Waals surface area contributed by atoms with Gasteiger partial charge in [-0.3, -0.25) is 0 Å². The van der Waals surface area contributed by atoms with Gasteiger partial charge in [0.05, 0.1) is 0 Å². The first kappa shape index (κ1) is 15.3. The molecule has 0 radical (unpaired) electrons. The van der Waals surface area contributed by atoms with Gasteiger partial charge < -0.3 is 4.74 Å². The molecule has 0 aromatic heterocycles. The van der Waals surface area contributed by atoms with Gasteiger partial charge in [0.1, 0.15) is 11.5 Å². The Morgan fingerprint density at radius 3 is 2.63 bits per heavy atom. The molecule has 2 rings (SSSR count). The lowest BCUT2D eigenvalue weighted by atomic mass is 9.94. The summed E-state index contributed by atoms with van der Waals surface area (Å²) in [7, 11) is 0. The van der Waals surface area contributed by atoms with Crippen molar-refractivity contribution in [1.29, 1.82) is 0 Å². The predicted octanol–water partition coefficient (Wildman–Crippen LogP) is 5.62. The van der Waals surface area contributed by atoms with Crippen molar-refractivity contribution in [2.45, 2.75) is 40.0 Å². The van der Waals surface area contributed by atoms with Crippen LogP contribution in [0.15, 0.2) is 60.4 Å². The molecule has 0 saturated carbocycles. The lowest BCUT2D eigenvalue weighted by molar-refractivity contribution is 0.416.